The molecule has 4 rings (SSSR count). The second-order valence-electron chi connectivity index (χ2n) is 7.54. The van der Waals surface area contributed by atoms with Crippen molar-refractivity contribution in [2.45, 2.75) is 0 Å². The van der Waals surface area contributed by atoms with Crippen LogP contribution in [-0.2, 0) is 18.5 Å². The maximum atomic E-state index is 2.88. The van der Waals surface area contributed by atoms with Crippen molar-refractivity contribution in [2.75, 3.05) is 25.4 Å². The fraction of sp³-hybridized carbons (Fsp3) is 0.143. The summed E-state index contributed by atoms with van der Waals surface area (Å²) in [6, 6.07) is 44.1. The van der Waals surface area contributed by atoms with E-state index in [-0.39, 0.29) is 15.8 Å². The van der Waals surface area contributed by atoms with Crippen LogP contribution in [0.25, 0.3) is 0 Å². The van der Waals surface area contributed by atoms with Crippen molar-refractivity contribution in [2.24, 2.45) is 0 Å². The van der Waals surface area contributed by atoms with Crippen molar-refractivity contribution in [1.82, 2.24) is 3.64 Å². The fourth-order valence-electron chi connectivity index (χ4n) is 3.77. The molecular weight excluding hydrogens is 513 g/mol. The van der Waals surface area contributed by atoms with E-state index >= 15 is 0 Å². The number of benzene rings is 4. The van der Waals surface area contributed by atoms with Crippen LogP contribution in [0.3, 0.4) is 0 Å². The van der Waals surface area contributed by atoms with E-state index in [9.17, 15) is 0 Å². The average Bonchev–Trinajstić information content (AvgIpc) is 2.87. The molecule has 4 aromatic carbocycles. The van der Waals surface area contributed by atoms with Crippen molar-refractivity contribution < 1.29 is 18.5 Å². The van der Waals surface area contributed by atoms with Crippen LogP contribution in [0.15, 0.2) is 121 Å². The van der Waals surface area contributed by atoms with E-state index in [2.05, 4.69) is 144 Å². The van der Waals surface area contributed by atoms with Crippen LogP contribution in [0, 0.1) is 0 Å². The topological polar surface area (TPSA) is 3.24 Å². The van der Waals surface area contributed by atoms with Crippen molar-refractivity contribution in [3.05, 3.63) is 121 Å². The molecule has 32 heavy (non-hydrogen) atoms. The average molecular weight is 542 g/mol. The zero-order chi connectivity index (χ0) is 22.0. The fourth-order valence-corrected chi connectivity index (χ4v) is 9.39. The van der Waals surface area contributed by atoms with E-state index in [1.165, 1.54) is 33.5 Å². The Morgan fingerprint density at radius 3 is 0.938 bits per heavy atom. The third kappa shape index (κ3) is 6.67. The second-order valence-corrected chi connectivity index (χ2v) is 13.3. The standard InChI is InChI=1S/C28H28NP2.Ru/c1-5-13-25(14-6-1)30(26-15-7-2-8-16-26)23-21-29-22-24-31(27-17-9-3-10-18-27)28-19-11-4-12-20-28;/h1-20H,21-24H2;/q-1;+2. The van der Waals surface area contributed by atoms with Gasteiger partial charge in [-0.25, -0.2) is 0 Å². The summed E-state index contributed by atoms with van der Waals surface area (Å²) in [6.45, 7) is 2.16. The van der Waals surface area contributed by atoms with Crippen molar-refractivity contribution in [3.63, 3.8) is 0 Å². The van der Waals surface area contributed by atoms with Crippen LogP contribution in [0.1, 0.15) is 0 Å². The quantitative estimate of drug-likeness (QED) is 0.202. The Bertz CT molecular complexity index is 880. The Labute approximate surface area is 205 Å². The first kappa shape index (κ1) is 23.5. The van der Waals surface area contributed by atoms with Gasteiger partial charge in [-0.05, 0) is 0 Å². The maximum absolute atomic E-state index is 2.88. The second kappa shape index (κ2) is 12.5. The minimum absolute atomic E-state index is 0.345. The van der Waals surface area contributed by atoms with Gasteiger partial charge in [-0.15, -0.1) is 0 Å². The molecule has 0 atom stereocenters. The molecule has 0 aromatic heterocycles. The number of nitrogens with zero attached hydrogens (tertiary/aromatic N) is 1. The first-order valence-electron chi connectivity index (χ1n) is 11.0. The molecule has 0 spiro atoms. The summed E-state index contributed by atoms with van der Waals surface area (Å²) < 4.78 is 2.46. The van der Waals surface area contributed by atoms with E-state index < -0.39 is 0 Å². The third-order valence-electron chi connectivity index (χ3n) is 5.39. The van der Waals surface area contributed by atoms with Gasteiger partial charge >= 0.3 is 206 Å². The van der Waals surface area contributed by atoms with Gasteiger partial charge in [-0.1, -0.05) is 0 Å². The molecular formula is C28H28NP2Ru+. The molecule has 162 valence electrons. The Hall–Kier alpha value is -1.68. The van der Waals surface area contributed by atoms with E-state index in [0.717, 1.165) is 13.1 Å². The van der Waals surface area contributed by atoms with Gasteiger partial charge in [-0.2, -0.15) is 0 Å². The molecule has 4 aromatic rings. The third-order valence-corrected chi connectivity index (χ3v) is 11.2. The molecule has 0 saturated heterocycles. The molecule has 0 amide bonds. The van der Waals surface area contributed by atoms with Crippen LogP contribution in [0.5, 0.6) is 0 Å². The van der Waals surface area contributed by atoms with Crippen LogP contribution < -0.4 is 21.2 Å². The predicted octanol–water partition coefficient (Wildman–Crippen LogP) is 5.02. The number of hydrogen-bond donors (Lipinski definition) is 0. The van der Waals surface area contributed by atoms with E-state index in [4.69, 9.17) is 0 Å². The Morgan fingerprint density at radius 1 is 0.438 bits per heavy atom. The predicted molar refractivity (Wildman–Crippen MR) is 139 cm³/mol. The number of rotatable bonds is 10. The van der Waals surface area contributed by atoms with Crippen LogP contribution in [0.4, 0.5) is 0 Å². The zero-order valence-corrected chi connectivity index (χ0v) is 21.6. The van der Waals surface area contributed by atoms with Gasteiger partial charge in [0.1, 0.15) is 0 Å². The summed E-state index contributed by atoms with van der Waals surface area (Å²) in [5, 5.41) is 5.85. The van der Waals surface area contributed by atoms with Gasteiger partial charge in [0.2, 0.25) is 0 Å². The summed E-state index contributed by atoms with van der Waals surface area (Å²) in [4.78, 5) is 0. The molecule has 0 aliphatic rings. The molecule has 4 heteroatoms. The molecule has 0 saturated carbocycles. The van der Waals surface area contributed by atoms with Gasteiger partial charge in [-0.3, -0.25) is 0 Å². The van der Waals surface area contributed by atoms with Crippen LogP contribution >= 0.6 is 15.8 Å². The zero-order valence-electron chi connectivity index (χ0n) is 18.1. The van der Waals surface area contributed by atoms with E-state index in [1.54, 1.807) is 0 Å². The summed E-state index contributed by atoms with van der Waals surface area (Å²) in [5.41, 5.74) is 0. The first-order valence-corrected chi connectivity index (χ1v) is 14.8. The molecule has 0 bridgehead atoms. The van der Waals surface area contributed by atoms with Gasteiger partial charge in [0.15, 0.2) is 0 Å². The summed E-state index contributed by atoms with van der Waals surface area (Å²) in [6.07, 6.45) is 2.34. The van der Waals surface area contributed by atoms with Crippen molar-refractivity contribution in [3.8, 4) is 0 Å². The molecule has 0 fully saturated rings. The van der Waals surface area contributed by atoms with Gasteiger partial charge in [0.05, 0.1) is 0 Å². The molecule has 0 radical (unpaired) electrons. The van der Waals surface area contributed by atoms with E-state index in [0.29, 0.717) is 0 Å². The molecule has 0 heterocycles. The van der Waals surface area contributed by atoms with Gasteiger partial charge < -0.3 is 0 Å². The van der Waals surface area contributed by atoms with Crippen molar-refractivity contribution >= 4 is 37.1 Å². The molecule has 1 nitrogen and oxygen atoms in total. The van der Waals surface area contributed by atoms with Crippen LogP contribution in [-0.4, -0.2) is 29.1 Å². The van der Waals surface area contributed by atoms with Gasteiger partial charge in [0.25, 0.3) is 0 Å². The minimum atomic E-state index is -0.345. The summed E-state index contributed by atoms with van der Waals surface area (Å²) in [7, 11) is -0.689. The van der Waals surface area contributed by atoms with Gasteiger partial charge in [0, 0.05) is 0 Å². The van der Waals surface area contributed by atoms with Crippen molar-refractivity contribution in [1.29, 1.82) is 0 Å². The molecule has 0 aliphatic carbocycles. The number of hydrogen-bond acceptors (Lipinski definition) is 1. The SMILES string of the molecule is [Ru+][N](CCP(c1ccccc1)c1ccccc1)CCP(c1ccccc1)c1ccccc1. The molecule has 0 aliphatic heterocycles. The molecule has 0 N–H and O–H groups in total. The first-order chi connectivity index (χ1) is 15.8. The monoisotopic (exact) mass is 542 g/mol. The van der Waals surface area contributed by atoms with E-state index in [1.807, 2.05) is 0 Å². The Morgan fingerprint density at radius 2 is 0.688 bits per heavy atom. The summed E-state index contributed by atoms with van der Waals surface area (Å²) in [5.74, 6) is 0. The Kier molecular flexibility index (Phi) is 9.20. The molecule has 0 unspecified atom stereocenters. The van der Waals surface area contributed by atoms with Crippen LogP contribution in [0.2, 0.25) is 0 Å². The Balaban J connectivity index is 1.42. The summed E-state index contributed by atoms with van der Waals surface area (Å²) >= 11 is 2.88. The normalized spacial score (nSPS) is 11.4.